The van der Waals surface area contributed by atoms with Crippen LogP contribution in [-0.4, -0.2) is 23.9 Å². The summed E-state index contributed by atoms with van der Waals surface area (Å²) in [6.45, 7) is 1.82. The molecule has 0 unspecified atom stereocenters. The number of rotatable bonds is 5. The SMILES string of the molecule is COc1ccccc1NC(=O)c1cc(C(=O)Nc2cccc(Cl)c2C)ccn1. The van der Waals surface area contributed by atoms with Gasteiger partial charge in [0, 0.05) is 22.5 Å². The molecule has 0 fully saturated rings. The monoisotopic (exact) mass is 395 g/mol. The third kappa shape index (κ3) is 4.29. The molecule has 0 saturated heterocycles. The molecule has 2 aromatic carbocycles. The fourth-order valence-electron chi connectivity index (χ4n) is 2.57. The summed E-state index contributed by atoms with van der Waals surface area (Å²) in [5.74, 6) is -0.279. The lowest BCUT2D eigenvalue weighted by Gasteiger charge is -2.11. The highest BCUT2D eigenvalue weighted by molar-refractivity contribution is 6.31. The Bertz CT molecular complexity index is 1040. The molecule has 1 heterocycles. The molecule has 7 heteroatoms. The minimum absolute atomic E-state index is 0.112. The summed E-state index contributed by atoms with van der Waals surface area (Å²) in [7, 11) is 1.52. The van der Waals surface area contributed by atoms with E-state index in [0.29, 0.717) is 27.7 Å². The lowest BCUT2D eigenvalue weighted by molar-refractivity contribution is 0.102. The third-order valence-corrected chi connectivity index (χ3v) is 4.54. The van der Waals surface area contributed by atoms with Gasteiger partial charge in [0.2, 0.25) is 0 Å². The Kier molecular flexibility index (Phi) is 5.91. The first-order valence-electron chi connectivity index (χ1n) is 8.46. The van der Waals surface area contributed by atoms with Gasteiger partial charge in [0.15, 0.2) is 0 Å². The Morgan fingerprint density at radius 1 is 0.964 bits per heavy atom. The first kappa shape index (κ1) is 19.4. The van der Waals surface area contributed by atoms with Crippen molar-refractivity contribution in [2.45, 2.75) is 6.92 Å². The Balaban J connectivity index is 1.78. The summed E-state index contributed by atoms with van der Waals surface area (Å²) in [4.78, 5) is 29.2. The predicted molar refractivity (Wildman–Crippen MR) is 109 cm³/mol. The first-order valence-corrected chi connectivity index (χ1v) is 8.84. The largest absolute Gasteiger partial charge is 0.495 e. The summed E-state index contributed by atoms with van der Waals surface area (Å²) in [6, 6.07) is 15.3. The van der Waals surface area contributed by atoms with Gasteiger partial charge in [-0.1, -0.05) is 29.8 Å². The molecule has 2 amide bonds. The zero-order chi connectivity index (χ0) is 20.1. The van der Waals surface area contributed by atoms with Gasteiger partial charge in [0.1, 0.15) is 11.4 Å². The quantitative estimate of drug-likeness (QED) is 0.663. The number of hydrogen-bond donors (Lipinski definition) is 2. The highest BCUT2D eigenvalue weighted by atomic mass is 35.5. The number of nitrogens with one attached hydrogen (secondary N) is 2. The fraction of sp³-hybridized carbons (Fsp3) is 0.0952. The average molecular weight is 396 g/mol. The molecule has 0 saturated carbocycles. The van der Waals surface area contributed by atoms with E-state index in [2.05, 4.69) is 15.6 Å². The number of amides is 2. The number of hydrogen-bond acceptors (Lipinski definition) is 4. The number of para-hydroxylation sites is 2. The van der Waals surface area contributed by atoms with Crippen LogP contribution in [0.3, 0.4) is 0 Å². The molecule has 2 N–H and O–H groups in total. The van der Waals surface area contributed by atoms with Crippen LogP contribution in [0.1, 0.15) is 26.4 Å². The van der Waals surface area contributed by atoms with Gasteiger partial charge in [-0.05, 0) is 48.9 Å². The van der Waals surface area contributed by atoms with Crippen molar-refractivity contribution in [3.05, 3.63) is 82.6 Å². The van der Waals surface area contributed by atoms with Gasteiger partial charge in [0.25, 0.3) is 11.8 Å². The molecule has 3 aromatic rings. The van der Waals surface area contributed by atoms with E-state index in [4.69, 9.17) is 16.3 Å². The van der Waals surface area contributed by atoms with Crippen LogP contribution in [0.15, 0.2) is 60.8 Å². The number of benzene rings is 2. The molecule has 0 atom stereocenters. The maximum absolute atomic E-state index is 12.6. The van der Waals surface area contributed by atoms with Gasteiger partial charge < -0.3 is 15.4 Å². The number of anilines is 2. The van der Waals surface area contributed by atoms with Crippen LogP contribution in [0.5, 0.6) is 5.75 Å². The van der Waals surface area contributed by atoms with Gasteiger partial charge in [-0.3, -0.25) is 14.6 Å². The van der Waals surface area contributed by atoms with Crippen LogP contribution in [0, 0.1) is 6.92 Å². The molecule has 1 aromatic heterocycles. The fourth-order valence-corrected chi connectivity index (χ4v) is 2.74. The highest BCUT2D eigenvalue weighted by Gasteiger charge is 2.15. The van der Waals surface area contributed by atoms with E-state index in [9.17, 15) is 9.59 Å². The summed E-state index contributed by atoms with van der Waals surface area (Å²) < 4.78 is 5.22. The van der Waals surface area contributed by atoms with Crippen LogP contribution in [0.25, 0.3) is 0 Å². The molecule has 0 aliphatic heterocycles. The van der Waals surface area contributed by atoms with E-state index in [-0.39, 0.29) is 11.6 Å². The molecule has 0 aliphatic rings. The summed E-state index contributed by atoms with van der Waals surface area (Å²) in [5.41, 5.74) is 2.30. The number of halogens is 1. The number of carbonyl (C=O) groups excluding carboxylic acids is 2. The molecule has 3 rings (SSSR count). The van der Waals surface area contributed by atoms with Gasteiger partial charge in [-0.25, -0.2) is 0 Å². The van der Waals surface area contributed by atoms with E-state index in [1.54, 1.807) is 42.5 Å². The molecule has 142 valence electrons. The van der Waals surface area contributed by atoms with Gasteiger partial charge in [0.05, 0.1) is 12.8 Å². The van der Waals surface area contributed by atoms with E-state index in [1.165, 1.54) is 25.4 Å². The number of ether oxygens (including phenoxy) is 1. The van der Waals surface area contributed by atoms with Crippen molar-refractivity contribution < 1.29 is 14.3 Å². The second kappa shape index (κ2) is 8.54. The molecular weight excluding hydrogens is 378 g/mol. The van der Waals surface area contributed by atoms with Crippen molar-refractivity contribution in [1.82, 2.24) is 4.98 Å². The molecule has 0 spiro atoms. The van der Waals surface area contributed by atoms with Crippen LogP contribution < -0.4 is 15.4 Å². The third-order valence-electron chi connectivity index (χ3n) is 4.13. The second-order valence-electron chi connectivity index (χ2n) is 5.95. The van der Waals surface area contributed by atoms with E-state index in [1.807, 2.05) is 6.92 Å². The summed E-state index contributed by atoms with van der Waals surface area (Å²) in [5, 5.41) is 6.09. The first-order chi connectivity index (χ1) is 13.5. The molecule has 0 aliphatic carbocycles. The smallest absolute Gasteiger partial charge is 0.274 e. The maximum Gasteiger partial charge on any atom is 0.274 e. The number of pyridine rings is 1. The van der Waals surface area contributed by atoms with Crippen molar-refractivity contribution in [3.63, 3.8) is 0 Å². The molecule has 0 radical (unpaired) electrons. The van der Waals surface area contributed by atoms with Crippen molar-refractivity contribution in [3.8, 4) is 5.75 Å². The number of methoxy groups -OCH3 is 1. The van der Waals surface area contributed by atoms with Crippen LogP contribution in [-0.2, 0) is 0 Å². The zero-order valence-corrected chi connectivity index (χ0v) is 16.1. The van der Waals surface area contributed by atoms with E-state index in [0.717, 1.165) is 5.56 Å². The average Bonchev–Trinajstić information content (AvgIpc) is 2.72. The summed E-state index contributed by atoms with van der Waals surface area (Å²) in [6.07, 6.45) is 1.41. The Morgan fingerprint density at radius 3 is 2.46 bits per heavy atom. The molecular formula is C21H18ClN3O3. The standard InChI is InChI=1S/C21H18ClN3O3/c1-13-15(22)6-5-8-16(13)24-20(26)14-10-11-23-18(12-14)21(27)25-17-7-3-4-9-19(17)28-2/h3-12H,1-2H3,(H,24,26)(H,25,27). The van der Waals surface area contributed by atoms with E-state index < -0.39 is 5.91 Å². The van der Waals surface area contributed by atoms with Gasteiger partial charge in [-0.2, -0.15) is 0 Å². The highest BCUT2D eigenvalue weighted by Crippen LogP contribution is 2.24. The van der Waals surface area contributed by atoms with Crippen LogP contribution >= 0.6 is 11.6 Å². The Morgan fingerprint density at radius 2 is 1.68 bits per heavy atom. The molecule has 6 nitrogen and oxygen atoms in total. The zero-order valence-electron chi connectivity index (χ0n) is 15.3. The van der Waals surface area contributed by atoms with Crippen molar-refractivity contribution in [2.75, 3.05) is 17.7 Å². The molecule has 28 heavy (non-hydrogen) atoms. The van der Waals surface area contributed by atoms with Gasteiger partial charge >= 0.3 is 0 Å². The lowest BCUT2D eigenvalue weighted by atomic mass is 10.1. The number of aromatic nitrogens is 1. The predicted octanol–water partition coefficient (Wildman–Crippen LogP) is 4.56. The van der Waals surface area contributed by atoms with E-state index >= 15 is 0 Å². The van der Waals surface area contributed by atoms with Crippen LogP contribution in [0.2, 0.25) is 5.02 Å². The molecule has 0 bridgehead atoms. The van der Waals surface area contributed by atoms with Crippen LogP contribution in [0.4, 0.5) is 11.4 Å². The lowest BCUT2D eigenvalue weighted by Crippen LogP contribution is -2.17. The number of carbonyl (C=O) groups is 2. The Hall–Kier alpha value is -3.38. The van der Waals surface area contributed by atoms with Crippen molar-refractivity contribution >= 4 is 34.8 Å². The normalized spacial score (nSPS) is 10.2. The Labute approximate surface area is 167 Å². The minimum Gasteiger partial charge on any atom is -0.495 e. The topological polar surface area (TPSA) is 80.3 Å². The minimum atomic E-state index is -0.446. The van der Waals surface area contributed by atoms with Crippen molar-refractivity contribution in [1.29, 1.82) is 0 Å². The van der Waals surface area contributed by atoms with Crippen molar-refractivity contribution in [2.24, 2.45) is 0 Å². The second-order valence-corrected chi connectivity index (χ2v) is 6.36. The maximum atomic E-state index is 12.6. The number of nitrogens with zero attached hydrogens (tertiary/aromatic N) is 1. The van der Waals surface area contributed by atoms with Gasteiger partial charge in [-0.15, -0.1) is 0 Å². The summed E-state index contributed by atoms with van der Waals surface area (Å²) >= 11 is 6.09.